The van der Waals surface area contributed by atoms with Gasteiger partial charge in [0.05, 0.1) is 12.2 Å². The van der Waals surface area contributed by atoms with E-state index >= 15 is 0 Å². The summed E-state index contributed by atoms with van der Waals surface area (Å²) in [4.78, 5) is 6.34. The zero-order chi connectivity index (χ0) is 15.4. The first-order chi connectivity index (χ1) is 10.8. The van der Waals surface area contributed by atoms with Gasteiger partial charge in [0.15, 0.2) is 0 Å². The van der Waals surface area contributed by atoms with Crippen LogP contribution in [0.4, 0.5) is 0 Å². The largest absolute Gasteiger partial charge is 0.490 e. The number of aromatic nitrogens is 1. The third-order valence-electron chi connectivity index (χ3n) is 4.11. The summed E-state index contributed by atoms with van der Waals surface area (Å²) in [6.45, 7) is 2.80. The highest BCUT2D eigenvalue weighted by Crippen LogP contribution is 2.30. The van der Waals surface area contributed by atoms with Crippen molar-refractivity contribution in [2.45, 2.75) is 18.9 Å². The number of hydrogen-bond acceptors (Lipinski definition) is 5. The van der Waals surface area contributed by atoms with Gasteiger partial charge in [-0.05, 0) is 18.9 Å². The quantitative estimate of drug-likeness (QED) is 0.934. The van der Waals surface area contributed by atoms with E-state index in [2.05, 4.69) is 16.0 Å². The van der Waals surface area contributed by atoms with Crippen molar-refractivity contribution in [3.63, 3.8) is 0 Å². The molecule has 1 fully saturated rings. The van der Waals surface area contributed by atoms with Gasteiger partial charge >= 0.3 is 0 Å². The topological polar surface area (TPSA) is 69.4 Å². The number of hydrogen-bond donors (Lipinski definition) is 1. The van der Waals surface area contributed by atoms with E-state index in [9.17, 15) is 5.26 Å². The van der Waals surface area contributed by atoms with Crippen molar-refractivity contribution < 1.29 is 9.84 Å². The van der Waals surface area contributed by atoms with Crippen LogP contribution in [0.25, 0.3) is 10.8 Å². The molecule has 2 heterocycles. The Morgan fingerprint density at radius 3 is 2.86 bits per heavy atom. The Morgan fingerprint density at radius 2 is 2.14 bits per heavy atom. The molecule has 5 nitrogen and oxygen atoms in total. The second kappa shape index (κ2) is 6.73. The summed E-state index contributed by atoms with van der Waals surface area (Å²) in [5.41, 5.74) is 0.547. The number of nitriles is 1. The Hall–Kier alpha value is -2.16. The van der Waals surface area contributed by atoms with E-state index in [0.29, 0.717) is 5.56 Å². The predicted molar refractivity (Wildman–Crippen MR) is 83.6 cm³/mol. The highest BCUT2D eigenvalue weighted by molar-refractivity contribution is 5.92. The minimum absolute atomic E-state index is 0.153. The second-order valence-electron chi connectivity index (χ2n) is 5.54. The predicted octanol–water partition coefficient (Wildman–Crippen LogP) is 1.94. The molecule has 5 heteroatoms. The monoisotopic (exact) mass is 297 g/mol. The van der Waals surface area contributed by atoms with Crippen LogP contribution in [-0.2, 0) is 0 Å². The molecule has 114 valence electrons. The van der Waals surface area contributed by atoms with Gasteiger partial charge in [-0.2, -0.15) is 5.26 Å². The van der Waals surface area contributed by atoms with Crippen LogP contribution in [0.5, 0.6) is 5.75 Å². The summed E-state index contributed by atoms with van der Waals surface area (Å²) in [6, 6.07) is 7.99. The Kier molecular flexibility index (Phi) is 4.52. The van der Waals surface area contributed by atoms with Gasteiger partial charge in [0.25, 0.3) is 0 Å². The molecule has 1 aliphatic heterocycles. The summed E-state index contributed by atoms with van der Waals surface area (Å²) in [7, 11) is 0. The molecule has 0 aliphatic carbocycles. The average molecular weight is 297 g/mol. The maximum absolute atomic E-state index is 9.28. The van der Waals surface area contributed by atoms with E-state index in [4.69, 9.17) is 9.84 Å². The van der Waals surface area contributed by atoms with Crippen molar-refractivity contribution in [1.82, 2.24) is 9.88 Å². The van der Waals surface area contributed by atoms with Crippen LogP contribution in [-0.4, -0.2) is 47.3 Å². The zero-order valence-electron chi connectivity index (χ0n) is 12.4. The second-order valence-corrected chi connectivity index (χ2v) is 5.54. The van der Waals surface area contributed by atoms with Crippen LogP contribution in [0.1, 0.15) is 18.4 Å². The molecule has 0 radical (unpaired) electrons. The lowest BCUT2D eigenvalue weighted by Gasteiger charge is -2.31. The summed E-state index contributed by atoms with van der Waals surface area (Å²) in [5.74, 6) is 0.761. The van der Waals surface area contributed by atoms with Crippen molar-refractivity contribution in [3.05, 3.63) is 36.2 Å². The molecule has 0 amide bonds. The number of nitrogens with zero attached hydrogens (tertiary/aromatic N) is 3. The van der Waals surface area contributed by atoms with Crippen LogP contribution in [0.3, 0.4) is 0 Å². The number of piperidine rings is 1. The zero-order valence-corrected chi connectivity index (χ0v) is 12.4. The molecule has 1 aliphatic rings. The van der Waals surface area contributed by atoms with Gasteiger partial charge in [-0.1, -0.05) is 12.1 Å². The lowest BCUT2D eigenvalue weighted by atomic mass is 10.1. The molecule has 0 atom stereocenters. The van der Waals surface area contributed by atoms with E-state index in [-0.39, 0.29) is 12.7 Å². The van der Waals surface area contributed by atoms with E-state index in [1.807, 2.05) is 18.2 Å². The molecule has 0 spiro atoms. The van der Waals surface area contributed by atoms with Gasteiger partial charge in [-0.15, -0.1) is 0 Å². The molecular weight excluding hydrogens is 278 g/mol. The van der Waals surface area contributed by atoms with Crippen LogP contribution in [0, 0.1) is 11.3 Å². The van der Waals surface area contributed by atoms with Gasteiger partial charge in [-0.25, -0.2) is 0 Å². The number of fused-ring (bicyclic) bond motifs is 1. The number of likely N-dealkylation sites (tertiary alicyclic amines) is 1. The van der Waals surface area contributed by atoms with E-state index in [0.717, 1.165) is 49.0 Å². The molecule has 1 N–H and O–H groups in total. The van der Waals surface area contributed by atoms with Gasteiger partial charge < -0.3 is 14.7 Å². The third kappa shape index (κ3) is 3.03. The fraction of sp³-hybridized carbons (Fsp3) is 0.412. The summed E-state index contributed by atoms with van der Waals surface area (Å²) < 4.78 is 6.17. The first-order valence-electron chi connectivity index (χ1n) is 7.58. The van der Waals surface area contributed by atoms with E-state index in [1.54, 1.807) is 12.4 Å². The highest BCUT2D eigenvalue weighted by atomic mass is 16.5. The summed E-state index contributed by atoms with van der Waals surface area (Å²) in [6.07, 6.45) is 5.36. The Morgan fingerprint density at radius 1 is 1.32 bits per heavy atom. The molecule has 2 aromatic rings. The molecule has 3 rings (SSSR count). The van der Waals surface area contributed by atoms with Gasteiger partial charge in [0.1, 0.15) is 17.9 Å². The van der Waals surface area contributed by atoms with Gasteiger partial charge in [0, 0.05) is 42.8 Å². The van der Waals surface area contributed by atoms with Gasteiger partial charge in [-0.3, -0.25) is 4.98 Å². The standard InChI is InChI=1S/C17H19N3O2/c18-10-14-12-19-11-13-2-1-3-16(17(13)14)22-15-4-6-20(7-5-15)8-9-21/h1-3,11-12,15,21H,4-9H2. The lowest BCUT2D eigenvalue weighted by molar-refractivity contribution is 0.0899. The molecule has 0 saturated carbocycles. The number of rotatable bonds is 4. The SMILES string of the molecule is N#Cc1cncc2cccc(OC3CCN(CCO)CC3)c12. The minimum Gasteiger partial charge on any atom is -0.490 e. The minimum atomic E-state index is 0.153. The fourth-order valence-corrected chi connectivity index (χ4v) is 2.96. The maximum atomic E-state index is 9.28. The Labute approximate surface area is 129 Å². The smallest absolute Gasteiger partial charge is 0.128 e. The molecule has 0 bridgehead atoms. The third-order valence-corrected chi connectivity index (χ3v) is 4.11. The first-order valence-corrected chi connectivity index (χ1v) is 7.58. The normalized spacial score (nSPS) is 16.5. The number of β-amino-alcohol motifs (C(OH)–C–C–N with tert-alkyl or cyclic N) is 1. The van der Waals surface area contributed by atoms with Crippen molar-refractivity contribution in [1.29, 1.82) is 5.26 Å². The lowest BCUT2D eigenvalue weighted by Crippen LogP contribution is -2.39. The summed E-state index contributed by atoms with van der Waals surface area (Å²) in [5, 5.41) is 20.0. The summed E-state index contributed by atoms with van der Waals surface area (Å²) >= 11 is 0. The first kappa shape index (κ1) is 14.8. The number of aliphatic hydroxyl groups is 1. The Bertz CT molecular complexity index is 683. The molecule has 1 saturated heterocycles. The van der Waals surface area contributed by atoms with Crippen molar-refractivity contribution >= 4 is 10.8 Å². The van der Waals surface area contributed by atoms with Crippen molar-refractivity contribution in [2.24, 2.45) is 0 Å². The van der Waals surface area contributed by atoms with E-state index < -0.39 is 0 Å². The van der Waals surface area contributed by atoms with Crippen molar-refractivity contribution in [3.8, 4) is 11.8 Å². The van der Waals surface area contributed by atoms with Crippen LogP contribution < -0.4 is 4.74 Å². The molecular formula is C17H19N3O2. The number of pyridine rings is 1. The molecule has 1 aromatic heterocycles. The molecule has 0 unspecified atom stereocenters. The van der Waals surface area contributed by atoms with Gasteiger partial charge in [0.2, 0.25) is 0 Å². The van der Waals surface area contributed by atoms with Crippen molar-refractivity contribution in [2.75, 3.05) is 26.2 Å². The molecule has 22 heavy (non-hydrogen) atoms. The van der Waals surface area contributed by atoms with Crippen LogP contribution in [0.2, 0.25) is 0 Å². The maximum Gasteiger partial charge on any atom is 0.128 e. The van der Waals surface area contributed by atoms with Crippen LogP contribution >= 0.6 is 0 Å². The number of ether oxygens (including phenoxy) is 1. The molecule has 1 aromatic carbocycles. The van der Waals surface area contributed by atoms with Crippen LogP contribution in [0.15, 0.2) is 30.6 Å². The Balaban J connectivity index is 1.79. The highest BCUT2D eigenvalue weighted by Gasteiger charge is 2.21. The number of aliphatic hydroxyl groups excluding tert-OH is 1. The number of benzene rings is 1. The fourth-order valence-electron chi connectivity index (χ4n) is 2.96. The van der Waals surface area contributed by atoms with E-state index in [1.165, 1.54) is 0 Å². The average Bonchev–Trinajstić information content (AvgIpc) is 2.56.